The average Bonchev–Trinajstić information content (AvgIpc) is 2.63. The molecule has 1 aromatic carbocycles. The smallest absolute Gasteiger partial charge is 0.227 e. The first kappa shape index (κ1) is 17.2. The molecule has 0 saturated heterocycles. The van der Waals surface area contributed by atoms with Gasteiger partial charge in [-0.15, -0.1) is 0 Å². The number of aryl methyl sites for hydroxylation is 1. The van der Waals surface area contributed by atoms with E-state index in [1.54, 1.807) is 6.20 Å². The molecule has 6 heteroatoms. The van der Waals surface area contributed by atoms with Crippen molar-refractivity contribution in [3.63, 3.8) is 0 Å². The van der Waals surface area contributed by atoms with Gasteiger partial charge in [0, 0.05) is 42.9 Å². The summed E-state index contributed by atoms with van der Waals surface area (Å²) in [6, 6.07) is 11.6. The molecule has 2 aromatic heterocycles. The fraction of sp³-hybridized carbons (Fsp3) is 0.211. The Morgan fingerprint density at radius 3 is 2.64 bits per heavy atom. The highest BCUT2D eigenvalue weighted by atomic mass is 35.5. The Labute approximate surface area is 152 Å². The van der Waals surface area contributed by atoms with E-state index >= 15 is 0 Å². The van der Waals surface area contributed by atoms with Crippen molar-refractivity contribution >= 4 is 29.1 Å². The van der Waals surface area contributed by atoms with E-state index in [0.29, 0.717) is 5.95 Å². The molecule has 0 aliphatic heterocycles. The van der Waals surface area contributed by atoms with E-state index < -0.39 is 0 Å². The van der Waals surface area contributed by atoms with Crippen LogP contribution in [0.3, 0.4) is 0 Å². The first-order valence-corrected chi connectivity index (χ1v) is 8.46. The SMILES string of the molecule is Cc1cc(Cl)ccc1Nc1ccnc(N(C)CCc2ccncc2)n1. The van der Waals surface area contributed by atoms with E-state index in [9.17, 15) is 0 Å². The third kappa shape index (κ3) is 4.67. The minimum atomic E-state index is 0.686. The Hall–Kier alpha value is -2.66. The molecule has 0 bridgehead atoms. The highest BCUT2D eigenvalue weighted by Gasteiger charge is 2.07. The number of pyridine rings is 1. The van der Waals surface area contributed by atoms with Crippen LogP contribution in [0.4, 0.5) is 17.5 Å². The number of nitrogens with one attached hydrogen (secondary N) is 1. The predicted molar refractivity (Wildman–Crippen MR) is 103 cm³/mol. The zero-order valence-electron chi connectivity index (χ0n) is 14.3. The van der Waals surface area contributed by atoms with Crippen molar-refractivity contribution in [3.05, 3.63) is 71.1 Å². The van der Waals surface area contributed by atoms with E-state index in [4.69, 9.17) is 11.6 Å². The van der Waals surface area contributed by atoms with Gasteiger partial charge in [-0.25, -0.2) is 4.98 Å². The summed E-state index contributed by atoms with van der Waals surface area (Å²) in [7, 11) is 1.99. The van der Waals surface area contributed by atoms with Gasteiger partial charge in [0.25, 0.3) is 0 Å². The molecule has 0 unspecified atom stereocenters. The van der Waals surface area contributed by atoms with Crippen molar-refractivity contribution in [3.8, 4) is 0 Å². The highest BCUT2D eigenvalue weighted by Crippen LogP contribution is 2.23. The molecular weight excluding hydrogens is 334 g/mol. The molecule has 25 heavy (non-hydrogen) atoms. The van der Waals surface area contributed by atoms with E-state index in [2.05, 4.69) is 20.3 Å². The zero-order chi connectivity index (χ0) is 17.6. The summed E-state index contributed by atoms with van der Waals surface area (Å²) < 4.78 is 0. The lowest BCUT2D eigenvalue weighted by Gasteiger charge is -2.18. The summed E-state index contributed by atoms with van der Waals surface area (Å²) in [5.41, 5.74) is 3.29. The number of halogens is 1. The minimum absolute atomic E-state index is 0.686. The summed E-state index contributed by atoms with van der Waals surface area (Å²) in [6.45, 7) is 2.84. The number of hydrogen-bond donors (Lipinski definition) is 1. The van der Waals surface area contributed by atoms with Crippen LogP contribution in [0.25, 0.3) is 0 Å². The third-order valence-corrected chi connectivity index (χ3v) is 4.16. The van der Waals surface area contributed by atoms with E-state index in [-0.39, 0.29) is 0 Å². The van der Waals surface area contributed by atoms with Crippen molar-refractivity contribution in [2.75, 3.05) is 23.8 Å². The lowest BCUT2D eigenvalue weighted by atomic mass is 10.2. The van der Waals surface area contributed by atoms with Crippen LogP contribution < -0.4 is 10.2 Å². The molecule has 0 atom stereocenters. The second kappa shape index (κ2) is 7.94. The van der Waals surface area contributed by atoms with Gasteiger partial charge in [-0.3, -0.25) is 4.98 Å². The fourth-order valence-corrected chi connectivity index (χ4v) is 2.68. The van der Waals surface area contributed by atoms with Crippen molar-refractivity contribution in [2.24, 2.45) is 0 Å². The second-order valence-electron chi connectivity index (χ2n) is 5.85. The molecule has 5 nitrogen and oxygen atoms in total. The summed E-state index contributed by atoms with van der Waals surface area (Å²) >= 11 is 6.01. The van der Waals surface area contributed by atoms with Crippen LogP contribution in [0, 0.1) is 6.92 Å². The predicted octanol–water partition coefficient (Wildman–Crippen LogP) is 4.26. The van der Waals surface area contributed by atoms with Crippen molar-refractivity contribution < 1.29 is 0 Å². The van der Waals surface area contributed by atoms with Gasteiger partial charge in [0.05, 0.1) is 0 Å². The lowest BCUT2D eigenvalue weighted by molar-refractivity contribution is 0.837. The number of hydrogen-bond acceptors (Lipinski definition) is 5. The number of aromatic nitrogens is 3. The first-order chi connectivity index (χ1) is 12.1. The Kier molecular flexibility index (Phi) is 5.46. The van der Waals surface area contributed by atoms with Crippen LogP contribution >= 0.6 is 11.6 Å². The summed E-state index contributed by atoms with van der Waals surface area (Å²) in [4.78, 5) is 15.1. The molecular formula is C19H20ClN5. The van der Waals surface area contributed by atoms with Gasteiger partial charge >= 0.3 is 0 Å². The van der Waals surface area contributed by atoms with Crippen LogP contribution in [0.1, 0.15) is 11.1 Å². The van der Waals surface area contributed by atoms with Gasteiger partial charge in [0.1, 0.15) is 5.82 Å². The zero-order valence-corrected chi connectivity index (χ0v) is 15.0. The van der Waals surface area contributed by atoms with Gasteiger partial charge in [0.2, 0.25) is 5.95 Å². The Morgan fingerprint density at radius 2 is 1.88 bits per heavy atom. The summed E-state index contributed by atoms with van der Waals surface area (Å²) in [5.74, 6) is 1.44. The quantitative estimate of drug-likeness (QED) is 0.717. The van der Waals surface area contributed by atoms with Crippen LogP contribution in [0.2, 0.25) is 5.02 Å². The molecule has 3 rings (SSSR count). The molecule has 0 aliphatic rings. The third-order valence-electron chi connectivity index (χ3n) is 3.92. The molecule has 1 N–H and O–H groups in total. The largest absolute Gasteiger partial charge is 0.343 e. The number of anilines is 3. The molecule has 0 amide bonds. The molecule has 0 fully saturated rings. The van der Waals surface area contributed by atoms with Crippen molar-refractivity contribution in [2.45, 2.75) is 13.3 Å². The van der Waals surface area contributed by atoms with Crippen LogP contribution in [-0.2, 0) is 6.42 Å². The van der Waals surface area contributed by atoms with Gasteiger partial charge in [0.15, 0.2) is 0 Å². The van der Waals surface area contributed by atoms with E-state index in [0.717, 1.165) is 35.1 Å². The average molecular weight is 354 g/mol. The van der Waals surface area contributed by atoms with Crippen LogP contribution in [-0.4, -0.2) is 28.5 Å². The molecule has 2 heterocycles. The first-order valence-electron chi connectivity index (χ1n) is 8.08. The highest BCUT2D eigenvalue weighted by molar-refractivity contribution is 6.30. The number of rotatable bonds is 6. The molecule has 128 valence electrons. The molecule has 0 spiro atoms. The van der Waals surface area contributed by atoms with Crippen LogP contribution in [0.5, 0.6) is 0 Å². The fourth-order valence-electron chi connectivity index (χ4n) is 2.45. The lowest BCUT2D eigenvalue weighted by Crippen LogP contribution is -2.22. The van der Waals surface area contributed by atoms with Gasteiger partial charge in [-0.05, 0) is 60.9 Å². The summed E-state index contributed by atoms with van der Waals surface area (Å²) in [6.07, 6.45) is 6.30. The standard InChI is InChI=1S/C19H20ClN5/c1-14-13-16(20)3-4-17(14)23-18-7-11-22-19(24-18)25(2)12-8-15-5-9-21-10-6-15/h3-7,9-11,13H,8,12H2,1-2H3,(H,22,23,24). The Bertz CT molecular complexity index is 838. The van der Waals surface area contributed by atoms with Gasteiger partial charge in [-0.2, -0.15) is 4.98 Å². The molecule has 3 aromatic rings. The number of likely N-dealkylation sites (N-methyl/N-ethyl adjacent to an activating group) is 1. The maximum absolute atomic E-state index is 6.01. The van der Waals surface area contributed by atoms with Gasteiger partial charge < -0.3 is 10.2 Å². The maximum atomic E-state index is 6.01. The second-order valence-corrected chi connectivity index (χ2v) is 6.29. The van der Waals surface area contributed by atoms with E-state index in [1.807, 2.05) is 67.7 Å². The molecule has 0 radical (unpaired) electrons. The van der Waals surface area contributed by atoms with Gasteiger partial charge in [-0.1, -0.05) is 11.6 Å². The minimum Gasteiger partial charge on any atom is -0.343 e. The number of nitrogens with zero attached hydrogens (tertiary/aromatic N) is 4. The van der Waals surface area contributed by atoms with Crippen molar-refractivity contribution in [1.82, 2.24) is 15.0 Å². The Morgan fingerprint density at radius 1 is 1.08 bits per heavy atom. The molecule has 0 aliphatic carbocycles. The monoisotopic (exact) mass is 353 g/mol. The maximum Gasteiger partial charge on any atom is 0.227 e. The number of benzene rings is 1. The van der Waals surface area contributed by atoms with Crippen molar-refractivity contribution in [1.29, 1.82) is 0 Å². The van der Waals surface area contributed by atoms with E-state index in [1.165, 1.54) is 5.56 Å². The van der Waals surface area contributed by atoms with Crippen LogP contribution in [0.15, 0.2) is 55.0 Å². The normalized spacial score (nSPS) is 10.5. The topological polar surface area (TPSA) is 53.9 Å². The molecule has 0 saturated carbocycles. The Balaban J connectivity index is 1.68. The summed E-state index contributed by atoms with van der Waals surface area (Å²) in [5, 5.41) is 4.05.